The molecule has 1 spiro atoms. The van der Waals surface area contributed by atoms with Crippen LogP contribution in [0.5, 0.6) is 0 Å². The van der Waals surface area contributed by atoms with Crippen LogP contribution in [0.2, 0.25) is 0 Å². The molecule has 3 nitrogen and oxygen atoms in total. The van der Waals surface area contributed by atoms with Crippen molar-refractivity contribution >= 4 is 5.97 Å². The molecule has 1 aliphatic heterocycles. The first-order chi connectivity index (χ1) is 8.62. The summed E-state index contributed by atoms with van der Waals surface area (Å²) in [6, 6.07) is 6.02. The van der Waals surface area contributed by atoms with Gasteiger partial charge in [-0.05, 0) is 61.5 Å². The van der Waals surface area contributed by atoms with Crippen LogP contribution in [0.25, 0.3) is 0 Å². The molecule has 1 heterocycles. The number of carbonyl (C=O) groups is 1. The van der Waals surface area contributed by atoms with Gasteiger partial charge in [-0.15, -0.1) is 0 Å². The summed E-state index contributed by atoms with van der Waals surface area (Å²) in [4.78, 5) is 14.0. The number of esters is 1. The maximum absolute atomic E-state index is 11.5. The minimum absolute atomic E-state index is 0.234. The summed E-state index contributed by atoms with van der Waals surface area (Å²) in [5.74, 6) is -0.234. The van der Waals surface area contributed by atoms with E-state index < -0.39 is 0 Å². The van der Waals surface area contributed by atoms with Gasteiger partial charge in [0, 0.05) is 6.54 Å². The standard InChI is InChI=1S/C15H19NO2/c1-16-6-5-15(10-16)8-12-4-3-11(14(17)18-2)7-13(12)9-15/h3-4,7H,5-6,8-10H2,1-2H3. The summed E-state index contributed by atoms with van der Waals surface area (Å²) in [5.41, 5.74) is 3.86. The molecule has 1 atom stereocenters. The van der Waals surface area contributed by atoms with Gasteiger partial charge in [-0.25, -0.2) is 4.79 Å². The molecule has 3 rings (SSSR count). The number of methoxy groups -OCH3 is 1. The predicted molar refractivity (Wildman–Crippen MR) is 69.7 cm³/mol. The zero-order valence-electron chi connectivity index (χ0n) is 11.0. The number of benzene rings is 1. The highest BCUT2D eigenvalue weighted by molar-refractivity contribution is 5.89. The van der Waals surface area contributed by atoms with Gasteiger partial charge >= 0.3 is 5.97 Å². The van der Waals surface area contributed by atoms with Crippen LogP contribution in [0.3, 0.4) is 0 Å². The molecule has 1 saturated heterocycles. The Kier molecular flexibility index (Phi) is 2.67. The van der Waals surface area contributed by atoms with Gasteiger partial charge in [0.05, 0.1) is 12.7 Å². The first kappa shape index (κ1) is 11.7. The van der Waals surface area contributed by atoms with Gasteiger partial charge in [0.15, 0.2) is 0 Å². The highest BCUT2D eigenvalue weighted by Gasteiger charge is 2.41. The monoisotopic (exact) mass is 245 g/mol. The molecule has 3 heteroatoms. The van der Waals surface area contributed by atoms with Crippen LogP contribution >= 0.6 is 0 Å². The molecule has 1 aliphatic carbocycles. The van der Waals surface area contributed by atoms with Crippen LogP contribution in [0.15, 0.2) is 18.2 Å². The molecule has 0 amide bonds. The Morgan fingerprint density at radius 3 is 2.78 bits per heavy atom. The molecule has 0 saturated carbocycles. The van der Waals surface area contributed by atoms with Crippen LogP contribution in [-0.2, 0) is 17.6 Å². The molecule has 0 N–H and O–H groups in total. The summed E-state index contributed by atoms with van der Waals surface area (Å²) in [5, 5.41) is 0. The topological polar surface area (TPSA) is 29.5 Å². The van der Waals surface area contributed by atoms with Gasteiger partial charge in [0.1, 0.15) is 0 Å². The zero-order valence-corrected chi connectivity index (χ0v) is 11.0. The average Bonchev–Trinajstić information content (AvgIpc) is 2.90. The summed E-state index contributed by atoms with van der Waals surface area (Å²) in [7, 11) is 3.63. The Balaban J connectivity index is 1.87. The summed E-state index contributed by atoms with van der Waals surface area (Å²) >= 11 is 0. The van der Waals surface area contributed by atoms with Crippen molar-refractivity contribution in [2.24, 2.45) is 5.41 Å². The van der Waals surface area contributed by atoms with E-state index in [-0.39, 0.29) is 5.97 Å². The second kappa shape index (κ2) is 4.09. The van der Waals surface area contributed by atoms with Crippen LogP contribution < -0.4 is 0 Å². The maximum atomic E-state index is 11.5. The fourth-order valence-corrected chi connectivity index (χ4v) is 3.53. The normalized spacial score (nSPS) is 26.6. The van der Waals surface area contributed by atoms with E-state index in [0.717, 1.165) is 12.8 Å². The number of ether oxygens (including phenoxy) is 1. The van der Waals surface area contributed by atoms with E-state index >= 15 is 0 Å². The molecule has 2 aliphatic rings. The molecule has 0 bridgehead atoms. The third kappa shape index (κ3) is 1.83. The van der Waals surface area contributed by atoms with Crippen LogP contribution in [-0.4, -0.2) is 38.1 Å². The van der Waals surface area contributed by atoms with E-state index in [1.807, 2.05) is 12.1 Å². The molecular weight excluding hydrogens is 226 g/mol. The molecule has 96 valence electrons. The third-order valence-corrected chi connectivity index (χ3v) is 4.39. The average molecular weight is 245 g/mol. The van der Waals surface area contributed by atoms with Crippen LogP contribution in [0, 0.1) is 5.41 Å². The first-order valence-electron chi connectivity index (χ1n) is 6.51. The lowest BCUT2D eigenvalue weighted by atomic mass is 9.84. The van der Waals surface area contributed by atoms with Crippen molar-refractivity contribution < 1.29 is 9.53 Å². The van der Waals surface area contributed by atoms with Crippen molar-refractivity contribution in [3.63, 3.8) is 0 Å². The van der Waals surface area contributed by atoms with Crippen LogP contribution in [0.1, 0.15) is 27.9 Å². The molecule has 1 unspecified atom stereocenters. The third-order valence-electron chi connectivity index (χ3n) is 4.39. The number of hydrogen-bond donors (Lipinski definition) is 0. The summed E-state index contributed by atoms with van der Waals surface area (Å²) in [6.45, 7) is 2.37. The molecule has 18 heavy (non-hydrogen) atoms. The van der Waals surface area contributed by atoms with E-state index in [1.54, 1.807) is 0 Å². The number of rotatable bonds is 1. The molecule has 0 radical (unpaired) electrons. The number of fused-ring (bicyclic) bond motifs is 1. The van der Waals surface area contributed by atoms with Crippen LogP contribution in [0.4, 0.5) is 0 Å². The molecule has 1 fully saturated rings. The van der Waals surface area contributed by atoms with E-state index in [4.69, 9.17) is 4.74 Å². The second-order valence-electron chi connectivity index (χ2n) is 5.82. The Morgan fingerprint density at radius 1 is 1.33 bits per heavy atom. The highest BCUT2D eigenvalue weighted by Crippen LogP contribution is 2.43. The molecular formula is C15H19NO2. The van der Waals surface area contributed by atoms with Crippen molar-refractivity contribution in [1.82, 2.24) is 4.90 Å². The van der Waals surface area contributed by atoms with Crippen molar-refractivity contribution in [3.05, 3.63) is 34.9 Å². The number of nitrogens with zero attached hydrogens (tertiary/aromatic N) is 1. The Hall–Kier alpha value is -1.35. The fraction of sp³-hybridized carbons (Fsp3) is 0.533. The van der Waals surface area contributed by atoms with E-state index in [0.29, 0.717) is 11.0 Å². The van der Waals surface area contributed by atoms with Gasteiger partial charge in [0.25, 0.3) is 0 Å². The van der Waals surface area contributed by atoms with Crippen molar-refractivity contribution in [1.29, 1.82) is 0 Å². The lowest BCUT2D eigenvalue weighted by Crippen LogP contribution is -2.25. The van der Waals surface area contributed by atoms with Gasteiger partial charge in [-0.3, -0.25) is 0 Å². The Labute approximate surface area is 108 Å². The van der Waals surface area contributed by atoms with E-state index in [2.05, 4.69) is 18.0 Å². The van der Waals surface area contributed by atoms with Gasteiger partial charge in [-0.2, -0.15) is 0 Å². The zero-order chi connectivity index (χ0) is 12.8. The summed E-state index contributed by atoms with van der Waals surface area (Å²) < 4.78 is 4.78. The van der Waals surface area contributed by atoms with Crippen molar-refractivity contribution in [3.8, 4) is 0 Å². The number of likely N-dealkylation sites (tertiary alicyclic amines) is 1. The second-order valence-corrected chi connectivity index (χ2v) is 5.82. The van der Waals surface area contributed by atoms with Crippen molar-refractivity contribution in [2.75, 3.05) is 27.2 Å². The quantitative estimate of drug-likeness (QED) is 0.708. The smallest absolute Gasteiger partial charge is 0.337 e. The predicted octanol–water partition coefficient (Wildman–Crippen LogP) is 1.89. The lowest BCUT2D eigenvalue weighted by molar-refractivity contribution is 0.0600. The SMILES string of the molecule is COC(=O)c1ccc2c(c1)CC1(CCN(C)C1)C2. The van der Waals surface area contributed by atoms with E-state index in [1.165, 1.54) is 37.7 Å². The summed E-state index contributed by atoms with van der Waals surface area (Å²) in [6.07, 6.45) is 3.54. The van der Waals surface area contributed by atoms with Gasteiger partial charge < -0.3 is 9.64 Å². The van der Waals surface area contributed by atoms with E-state index in [9.17, 15) is 4.79 Å². The largest absolute Gasteiger partial charge is 0.465 e. The Morgan fingerprint density at radius 2 is 2.11 bits per heavy atom. The highest BCUT2D eigenvalue weighted by atomic mass is 16.5. The Bertz CT molecular complexity index is 497. The minimum atomic E-state index is -0.234. The minimum Gasteiger partial charge on any atom is -0.465 e. The molecule has 1 aromatic carbocycles. The molecule has 1 aromatic rings. The maximum Gasteiger partial charge on any atom is 0.337 e. The van der Waals surface area contributed by atoms with Gasteiger partial charge in [0.2, 0.25) is 0 Å². The molecule has 0 aromatic heterocycles. The first-order valence-corrected chi connectivity index (χ1v) is 6.51. The van der Waals surface area contributed by atoms with Crippen molar-refractivity contribution in [2.45, 2.75) is 19.3 Å². The van der Waals surface area contributed by atoms with Gasteiger partial charge in [-0.1, -0.05) is 6.07 Å². The number of carbonyl (C=O) groups excluding carboxylic acids is 1. The lowest BCUT2D eigenvalue weighted by Gasteiger charge is -2.22. The number of hydrogen-bond acceptors (Lipinski definition) is 3. The fourth-order valence-electron chi connectivity index (χ4n) is 3.53.